The monoisotopic (exact) mass is 341 g/mol. The summed E-state index contributed by atoms with van der Waals surface area (Å²) in [5, 5.41) is 4.46. The van der Waals surface area contributed by atoms with Gasteiger partial charge in [0.1, 0.15) is 5.69 Å². The van der Waals surface area contributed by atoms with Gasteiger partial charge in [0.15, 0.2) is 0 Å². The Bertz CT molecular complexity index is 849. The van der Waals surface area contributed by atoms with E-state index in [2.05, 4.69) is 21.3 Å². The second kappa shape index (κ2) is 5.94. The van der Waals surface area contributed by atoms with Crippen molar-refractivity contribution in [2.24, 2.45) is 5.73 Å². The lowest BCUT2D eigenvalue weighted by atomic mass is 10.1. The summed E-state index contributed by atoms with van der Waals surface area (Å²) in [5.41, 5.74) is 7.69. The van der Waals surface area contributed by atoms with E-state index in [4.69, 9.17) is 5.73 Å². The summed E-state index contributed by atoms with van der Waals surface area (Å²) < 4.78 is 1.75. The molecular weight excluding hydrogens is 320 g/mol. The van der Waals surface area contributed by atoms with Crippen molar-refractivity contribution in [3.63, 3.8) is 0 Å². The van der Waals surface area contributed by atoms with Crippen LogP contribution in [0.15, 0.2) is 6.07 Å². The summed E-state index contributed by atoms with van der Waals surface area (Å²) >= 11 is 0. The molecule has 1 aliphatic heterocycles. The van der Waals surface area contributed by atoms with Crippen LogP contribution in [0, 0.1) is 13.1 Å². The number of carbonyl (C=O) groups excluding carboxylic acids is 2. The van der Waals surface area contributed by atoms with E-state index < -0.39 is 5.91 Å². The average Bonchev–Trinajstić information content (AvgIpc) is 2.95. The van der Waals surface area contributed by atoms with Crippen LogP contribution < -0.4 is 5.73 Å². The number of nitrogens with zero attached hydrogens (tertiary/aromatic N) is 5. The summed E-state index contributed by atoms with van der Waals surface area (Å²) in [6, 6.07) is 1.80. The number of fused-ring (bicyclic) bond motifs is 1. The second-order valence-electron chi connectivity index (χ2n) is 7.18. The molecule has 0 spiro atoms. The van der Waals surface area contributed by atoms with Gasteiger partial charge in [-0.3, -0.25) is 14.3 Å². The molecular formula is C17H21N6O2. The molecule has 3 rings (SSSR count). The first-order chi connectivity index (χ1) is 11.7. The average molecular weight is 341 g/mol. The minimum atomic E-state index is -0.705. The third kappa shape index (κ3) is 3.24. The van der Waals surface area contributed by atoms with Crippen LogP contribution in [-0.4, -0.2) is 43.0 Å². The molecule has 0 aromatic carbocycles. The molecule has 2 amide bonds. The third-order valence-electron chi connectivity index (χ3n) is 4.05. The maximum absolute atomic E-state index is 13.0. The van der Waals surface area contributed by atoms with Gasteiger partial charge in [-0.2, -0.15) is 5.10 Å². The number of nitrogens with two attached hydrogens (primary N) is 1. The zero-order valence-corrected chi connectivity index (χ0v) is 14.8. The summed E-state index contributed by atoms with van der Waals surface area (Å²) in [5.74, 6) is -0.895. The zero-order chi connectivity index (χ0) is 18.4. The van der Waals surface area contributed by atoms with E-state index in [1.807, 2.05) is 27.7 Å². The maximum Gasteiger partial charge on any atom is 0.286 e. The predicted molar refractivity (Wildman–Crippen MR) is 89.8 cm³/mol. The van der Waals surface area contributed by atoms with E-state index in [0.717, 1.165) is 11.3 Å². The van der Waals surface area contributed by atoms with Crippen molar-refractivity contribution in [2.45, 2.75) is 46.2 Å². The fourth-order valence-electron chi connectivity index (χ4n) is 2.85. The van der Waals surface area contributed by atoms with Gasteiger partial charge in [-0.15, -0.1) is 0 Å². The zero-order valence-electron chi connectivity index (χ0n) is 14.8. The van der Waals surface area contributed by atoms with Gasteiger partial charge in [0.25, 0.3) is 11.8 Å². The number of rotatable bonds is 2. The first kappa shape index (κ1) is 17.1. The number of hydrogen-bond donors (Lipinski definition) is 1. The molecule has 8 heteroatoms. The summed E-state index contributed by atoms with van der Waals surface area (Å²) in [7, 11) is 0. The first-order valence-corrected chi connectivity index (χ1v) is 8.10. The SMILES string of the molecule is Cc1cc(C(=O)N2CCc3[c]nc(C(N)=O)nc3C2)n(C(C)(C)C)n1. The fourth-order valence-corrected chi connectivity index (χ4v) is 2.85. The molecule has 0 fully saturated rings. The molecule has 1 aliphatic rings. The Balaban J connectivity index is 1.91. The Hall–Kier alpha value is -2.77. The minimum Gasteiger partial charge on any atom is -0.363 e. The summed E-state index contributed by atoms with van der Waals surface area (Å²) in [6.45, 7) is 8.71. The van der Waals surface area contributed by atoms with Gasteiger partial charge >= 0.3 is 0 Å². The van der Waals surface area contributed by atoms with Crippen LogP contribution in [0.2, 0.25) is 0 Å². The number of hydrogen-bond acceptors (Lipinski definition) is 5. The quantitative estimate of drug-likeness (QED) is 0.871. The topological polar surface area (TPSA) is 107 Å². The van der Waals surface area contributed by atoms with Crippen LogP contribution in [0.25, 0.3) is 0 Å². The molecule has 1 radical (unpaired) electrons. The highest BCUT2D eigenvalue weighted by atomic mass is 16.2. The Kier molecular flexibility index (Phi) is 4.06. The van der Waals surface area contributed by atoms with Gasteiger partial charge in [0.05, 0.1) is 29.7 Å². The van der Waals surface area contributed by atoms with Crippen molar-refractivity contribution < 1.29 is 9.59 Å². The van der Waals surface area contributed by atoms with Gasteiger partial charge in [-0.05, 0) is 40.2 Å². The number of amides is 2. The summed E-state index contributed by atoms with van der Waals surface area (Å²) in [4.78, 5) is 34.0. The van der Waals surface area contributed by atoms with E-state index in [0.29, 0.717) is 30.9 Å². The number of aromatic nitrogens is 4. The van der Waals surface area contributed by atoms with Gasteiger partial charge in [-0.1, -0.05) is 0 Å². The molecule has 2 aromatic heterocycles. The maximum atomic E-state index is 13.0. The highest BCUT2D eigenvalue weighted by Crippen LogP contribution is 2.22. The van der Waals surface area contributed by atoms with Crippen molar-refractivity contribution >= 4 is 11.8 Å². The van der Waals surface area contributed by atoms with E-state index >= 15 is 0 Å². The minimum absolute atomic E-state index is 0.0800. The molecule has 0 atom stereocenters. The van der Waals surface area contributed by atoms with Crippen molar-refractivity contribution in [1.29, 1.82) is 0 Å². The standard InChI is InChI=1S/C17H21N6O2/c1-10-7-13(23(21-10)17(2,3)4)16(25)22-6-5-11-8-19-15(14(18)24)20-12(11)9-22/h7H,5-6,9H2,1-4H3,(H2,18,24). The largest absolute Gasteiger partial charge is 0.363 e. The lowest BCUT2D eigenvalue weighted by Crippen LogP contribution is -2.39. The van der Waals surface area contributed by atoms with Crippen molar-refractivity contribution in [3.05, 3.63) is 40.7 Å². The van der Waals surface area contributed by atoms with E-state index in [1.165, 1.54) is 0 Å². The van der Waals surface area contributed by atoms with E-state index in [-0.39, 0.29) is 17.3 Å². The van der Waals surface area contributed by atoms with Crippen LogP contribution in [0.3, 0.4) is 0 Å². The first-order valence-electron chi connectivity index (χ1n) is 8.10. The number of aryl methyl sites for hydroxylation is 1. The second-order valence-corrected chi connectivity index (χ2v) is 7.18. The Morgan fingerprint density at radius 2 is 2.04 bits per heavy atom. The van der Waals surface area contributed by atoms with Crippen molar-refractivity contribution in [2.75, 3.05) is 6.54 Å². The summed E-state index contributed by atoms with van der Waals surface area (Å²) in [6.07, 6.45) is 3.40. The van der Waals surface area contributed by atoms with E-state index in [9.17, 15) is 9.59 Å². The Labute approximate surface area is 146 Å². The molecule has 131 valence electrons. The highest BCUT2D eigenvalue weighted by Gasteiger charge is 2.29. The highest BCUT2D eigenvalue weighted by molar-refractivity contribution is 5.93. The van der Waals surface area contributed by atoms with Crippen LogP contribution in [0.1, 0.15) is 58.8 Å². The Morgan fingerprint density at radius 3 is 2.68 bits per heavy atom. The molecule has 25 heavy (non-hydrogen) atoms. The van der Waals surface area contributed by atoms with Gasteiger partial charge in [0, 0.05) is 12.1 Å². The van der Waals surface area contributed by atoms with Crippen LogP contribution >= 0.6 is 0 Å². The van der Waals surface area contributed by atoms with Crippen molar-refractivity contribution in [1.82, 2.24) is 24.6 Å². The number of primary amides is 1. The molecule has 2 N–H and O–H groups in total. The Morgan fingerprint density at radius 1 is 1.32 bits per heavy atom. The number of carbonyl (C=O) groups is 2. The lowest BCUT2D eigenvalue weighted by molar-refractivity contribution is 0.0710. The third-order valence-corrected chi connectivity index (χ3v) is 4.05. The van der Waals surface area contributed by atoms with Gasteiger partial charge < -0.3 is 10.6 Å². The molecule has 0 saturated heterocycles. The van der Waals surface area contributed by atoms with Crippen LogP contribution in [0.4, 0.5) is 0 Å². The normalized spacial score (nSPS) is 14.3. The molecule has 2 aromatic rings. The lowest BCUT2D eigenvalue weighted by Gasteiger charge is -2.29. The molecule has 0 bridgehead atoms. The van der Waals surface area contributed by atoms with E-state index in [1.54, 1.807) is 15.6 Å². The molecule has 3 heterocycles. The smallest absolute Gasteiger partial charge is 0.286 e. The van der Waals surface area contributed by atoms with Crippen LogP contribution in [0.5, 0.6) is 0 Å². The molecule has 8 nitrogen and oxygen atoms in total. The fraction of sp³-hybridized carbons (Fsp3) is 0.471. The molecule has 0 aliphatic carbocycles. The van der Waals surface area contributed by atoms with Crippen molar-refractivity contribution in [3.8, 4) is 0 Å². The van der Waals surface area contributed by atoms with Crippen LogP contribution in [-0.2, 0) is 18.5 Å². The predicted octanol–water partition coefficient (Wildman–Crippen LogP) is 0.834. The van der Waals surface area contributed by atoms with Gasteiger partial charge in [-0.25, -0.2) is 9.97 Å². The molecule has 0 unspecified atom stereocenters. The van der Waals surface area contributed by atoms with Gasteiger partial charge in [0.2, 0.25) is 5.82 Å². The molecule has 0 saturated carbocycles.